The number of aliphatic hydroxyl groups is 1. The van der Waals surface area contributed by atoms with Gasteiger partial charge in [0.1, 0.15) is 0 Å². The molecule has 0 aliphatic rings. The Morgan fingerprint density at radius 1 is 1.04 bits per heavy atom. The first-order valence-electron chi connectivity index (χ1n) is 8.26. The lowest BCUT2D eigenvalue weighted by molar-refractivity contribution is -0.121. The number of rotatable bonds is 8. The van der Waals surface area contributed by atoms with Gasteiger partial charge in [0.25, 0.3) is 0 Å². The third-order valence-corrected chi connectivity index (χ3v) is 3.98. The fourth-order valence-corrected chi connectivity index (χ4v) is 2.63. The molecule has 0 bridgehead atoms. The van der Waals surface area contributed by atoms with Gasteiger partial charge in [0.05, 0.1) is 12.5 Å². The molecule has 2 N–H and O–H groups in total. The van der Waals surface area contributed by atoms with Crippen molar-refractivity contribution in [3.05, 3.63) is 71.3 Å². The van der Waals surface area contributed by atoms with E-state index in [-0.39, 0.29) is 18.6 Å². The maximum absolute atomic E-state index is 12.3. The molecule has 0 radical (unpaired) electrons. The summed E-state index contributed by atoms with van der Waals surface area (Å²) in [6.45, 7) is 2.25. The molecule has 2 rings (SSSR count). The number of carbonyl (C=O) groups excluding carboxylic acids is 1. The second-order valence-corrected chi connectivity index (χ2v) is 5.74. The van der Waals surface area contributed by atoms with E-state index in [0.29, 0.717) is 12.8 Å². The normalized spacial score (nSPS) is 11.9. The lowest BCUT2D eigenvalue weighted by Crippen LogP contribution is -2.30. The van der Waals surface area contributed by atoms with E-state index in [9.17, 15) is 4.79 Å². The van der Waals surface area contributed by atoms with Crippen LogP contribution in [0.5, 0.6) is 0 Å². The van der Waals surface area contributed by atoms with E-state index in [1.165, 1.54) is 5.56 Å². The highest BCUT2D eigenvalue weighted by Gasteiger charge is 2.14. The summed E-state index contributed by atoms with van der Waals surface area (Å²) < 4.78 is 0. The van der Waals surface area contributed by atoms with Crippen LogP contribution in [0.2, 0.25) is 0 Å². The van der Waals surface area contributed by atoms with Gasteiger partial charge in [0.15, 0.2) is 0 Å². The molecule has 0 aliphatic heterocycles. The summed E-state index contributed by atoms with van der Waals surface area (Å²) in [4.78, 5) is 12.3. The molecule has 0 aromatic heterocycles. The van der Waals surface area contributed by atoms with Gasteiger partial charge in [-0.3, -0.25) is 4.79 Å². The van der Waals surface area contributed by atoms with E-state index < -0.39 is 0 Å². The van der Waals surface area contributed by atoms with Gasteiger partial charge in [-0.05, 0) is 36.0 Å². The molecule has 0 aliphatic carbocycles. The second-order valence-electron chi connectivity index (χ2n) is 5.74. The zero-order valence-electron chi connectivity index (χ0n) is 13.7. The van der Waals surface area contributed by atoms with E-state index in [4.69, 9.17) is 5.11 Å². The quantitative estimate of drug-likeness (QED) is 0.785. The standard InChI is InChI=1S/C20H25NO2/c1-2-16-10-12-17(13-11-16)15-20(23)21-19(9-6-14-22)18-7-4-3-5-8-18/h3-5,7-8,10-13,19,22H,2,6,9,14-15H2,1H3,(H,21,23). The van der Waals surface area contributed by atoms with Crippen LogP contribution in [-0.4, -0.2) is 17.6 Å². The molecule has 0 spiro atoms. The largest absolute Gasteiger partial charge is 0.396 e. The minimum Gasteiger partial charge on any atom is -0.396 e. The number of hydrogen-bond donors (Lipinski definition) is 2. The summed E-state index contributed by atoms with van der Waals surface area (Å²) in [6.07, 6.45) is 2.79. The molecule has 0 saturated carbocycles. The zero-order chi connectivity index (χ0) is 16.5. The number of amides is 1. The van der Waals surface area contributed by atoms with Crippen molar-refractivity contribution < 1.29 is 9.90 Å². The van der Waals surface area contributed by atoms with Crippen molar-refractivity contribution in [2.24, 2.45) is 0 Å². The van der Waals surface area contributed by atoms with E-state index in [0.717, 1.165) is 24.0 Å². The first kappa shape index (κ1) is 17.2. The van der Waals surface area contributed by atoms with Crippen LogP contribution in [-0.2, 0) is 17.6 Å². The fourth-order valence-electron chi connectivity index (χ4n) is 2.63. The van der Waals surface area contributed by atoms with E-state index >= 15 is 0 Å². The Balaban J connectivity index is 1.98. The molecule has 0 saturated heterocycles. The molecule has 1 amide bonds. The zero-order valence-corrected chi connectivity index (χ0v) is 13.7. The van der Waals surface area contributed by atoms with Crippen molar-refractivity contribution in [3.63, 3.8) is 0 Å². The number of hydrogen-bond acceptors (Lipinski definition) is 2. The molecule has 0 heterocycles. The number of aliphatic hydroxyl groups excluding tert-OH is 1. The lowest BCUT2D eigenvalue weighted by atomic mass is 10.0. The highest BCUT2D eigenvalue weighted by molar-refractivity contribution is 5.79. The van der Waals surface area contributed by atoms with Crippen molar-refractivity contribution in [2.75, 3.05) is 6.61 Å². The van der Waals surface area contributed by atoms with Gasteiger partial charge in [-0.15, -0.1) is 0 Å². The summed E-state index contributed by atoms with van der Waals surface area (Å²) in [6, 6.07) is 18.1. The van der Waals surface area contributed by atoms with Crippen molar-refractivity contribution in [1.82, 2.24) is 5.32 Å². The first-order chi connectivity index (χ1) is 11.2. The lowest BCUT2D eigenvalue weighted by Gasteiger charge is -2.19. The molecule has 0 fully saturated rings. The Kier molecular flexibility index (Phi) is 6.82. The highest BCUT2D eigenvalue weighted by atomic mass is 16.3. The topological polar surface area (TPSA) is 49.3 Å². The third-order valence-electron chi connectivity index (χ3n) is 3.98. The molecule has 122 valence electrons. The van der Waals surface area contributed by atoms with Crippen LogP contribution < -0.4 is 5.32 Å². The van der Waals surface area contributed by atoms with Crippen LogP contribution >= 0.6 is 0 Å². The summed E-state index contributed by atoms with van der Waals surface area (Å²) in [5.74, 6) is 0.0149. The predicted molar refractivity (Wildman–Crippen MR) is 93.2 cm³/mol. The van der Waals surface area contributed by atoms with Crippen LogP contribution in [0.25, 0.3) is 0 Å². The number of carbonyl (C=O) groups is 1. The van der Waals surface area contributed by atoms with Crippen molar-refractivity contribution in [3.8, 4) is 0 Å². The maximum Gasteiger partial charge on any atom is 0.224 e. The molecular weight excluding hydrogens is 286 g/mol. The molecule has 2 aromatic rings. The fraction of sp³-hybridized carbons (Fsp3) is 0.350. The smallest absolute Gasteiger partial charge is 0.224 e. The van der Waals surface area contributed by atoms with Crippen molar-refractivity contribution in [2.45, 2.75) is 38.6 Å². The maximum atomic E-state index is 12.3. The minimum absolute atomic E-state index is 0.0149. The first-order valence-corrected chi connectivity index (χ1v) is 8.26. The number of nitrogens with one attached hydrogen (secondary N) is 1. The Labute approximate surface area is 138 Å². The van der Waals surface area contributed by atoms with Gasteiger partial charge in [0.2, 0.25) is 5.91 Å². The minimum atomic E-state index is -0.0502. The Bertz CT molecular complexity index is 593. The van der Waals surface area contributed by atoms with Crippen molar-refractivity contribution >= 4 is 5.91 Å². The van der Waals surface area contributed by atoms with Gasteiger partial charge < -0.3 is 10.4 Å². The van der Waals surface area contributed by atoms with Crippen molar-refractivity contribution in [1.29, 1.82) is 0 Å². The molecule has 23 heavy (non-hydrogen) atoms. The molecule has 1 unspecified atom stereocenters. The summed E-state index contributed by atoms with van der Waals surface area (Å²) in [5.41, 5.74) is 3.38. The SMILES string of the molecule is CCc1ccc(CC(=O)NC(CCCO)c2ccccc2)cc1. The van der Waals surface area contributed by atoms with E-state index in [1.807, 2.05) is 42.5 Å². The summed E-state index contributed by atoms with van der Waals surface area (Å²) in [7, 11) is 0. The molecule has 3 nitrogen and oxygen atoms in total. The third kappa shape index (κ3) is 5.53. The van der Waals surface area contributed by atoms with E-state index in [1.54, 1.807) is 0 Å². The Morgan fingerprint density at radius 3 is 2.30 bits per heavy atom. The highest BCUT2D eigenvalue weighted by Crippen LogP contribution is 2.18. The van der Waals surface area contributed by atoms with E-state index in [2.05, 4.69) is 24.4 Å². The van der Waals surface area contributed by atoms with Crippen LogP contribution in [0, 0.1) is 0 Å². The van der Waals surface area contributed by atoms with Crippen LogP contribution in [0.1, 0.15) is 42.5 Å². The summed E-state index contributed by atoms with van der Waals surface area (Å²) in [5, 5.41) is 12.2. The molecule has 3 heteroatoms. The molecule has 1 atom stereocenters. The molecular formula is C20H25NO2. The molecule has 2 aromatic carbocycles. The van der Waals surface area contributed by atoms with Gasteiger partial charge >= 0.3 is 0 Å². The second kappa shape index (κ2) is 9.11. The average molecular weight is 311 g/mol. The number of benzene rings is 2. The Hall–Kier alpha value is -2.13. The number of aryl methyl sites for hydroxylation is 1. The monoisotopic (exact) mass is 311 g/mol. The van der Waals surface area contributed by atoms with Crippen LogP contribution in [0.3, 0.4) is 0 Å². The average Bonchev–Trinajstić information content (AvgIpc) is 2.60. The summed E-state index contributed by atoms with van der Waals surface area (Å²) >= 11 is 0. The van der Waals surface area contributed by atoms with Gasteiger partial charge in [-0.1, -0.05) is 61.5 Å². The van der Waals surface area contributed by atoms with Gasteiger partial charge in [-0.25, -0.2) is 0 Å². The van der Waals surface area contributed by atoms with Crippen LogP contribution in [0.15, 0.2) is 54.6 Å². The van der Waals surface area contributed by atoms with Crippen LogP contribution in [0.4, 0.5) is 0 Å². The Morgan fingerprint density at radius 2 is 1.70 bits per heavy atom. The van der Waals surface area contributed by atoms with Gasteiger partial charge in [0, 0.05) is 6.61 Å². The predicted octanol–water partition coefficient (Wildman–Crippen LogP) is 3.42. The van der Waals surface area contributed by atoms with Gasteiger partial charge in [-0.2, -0.15) is 0 Å².